The first kappa shape index (κ1) is 24.2. The highest BCUT2D eigenvalue weighted by Gasteiger charge is 2.27. The smallest absolute Gasteiger partial charge is 0.222 e. The van der Waals surface area contributed by atoms with Crippen molar-refractivity contribution in [3.05, 3.63) is 54.7 Å². The summed E-state index contributed by atoms with van der Waals surface area (Å²) in [5.74, 6) is 3.20. The molecule has 11 heteroatoms. The van der Waals surface area contributed by atoms with E-state index in [4.69, 9.17) is 25.9 Å². The van der Waals surface area contributed by atoms with Crippen LogP contribution in [0.1, 0.15) is 6.42 Å². The number of nitrogens with one attached hydrogen (secondary N) is 1. The molecule has 0 saturated carbocycles. The van der Waals surface area contributed by atoms with Gasteiger partial charge < -0.3 is 31.2 Å². The predicted molar refractivity (Wildman–Crippen MR) is 144 cm³/mol. The highest BCUT2D eigenvalue weighted by molar-refractivity contribution is 5.90. The molecule has 1 saturated heterocycles. The summed E-state index contributed by atoms with van der Waals surface area (Å²) in [7, 11) is 3.22. The Morgan fingerprint density at radius 2 is 1.95 bits per heavy atom. The second-order valence-electron chi connectivity index (χ2n) is 8.59. The third kappa shape index (κ3) is 5.21. The summed E-state index contributed by atoms with van der Waals surface area (Å²) in [6, 6.07) is 15.0. The predicted octanol–water partition coefficient (Wildman–Crippen LogP) is 2.54. The number of ether oxygens (including phenoxy) is 2. The van der Waals surface area contributed by atoms with Gasteiger partial charge in [-0.2, -0.15) is 4.98 Å². The lowest BCUT2D eigenvalue weighted by atomic mass is 10.1. The van der Waals surface area contributed by atoms with Crippen molar-refractivity contribution in [3.8, 4) is 22.8 Å². The van der Waals surface area contributed by atoms with Gasteiger partial charge in [0.25, 0.3) is 0 Å². The summed E-state index contributed by atoms with van der Waals surface area (Å²) in [6.45, 7) is 2.20. The Morgan fingerprint density at radius 1 is 1.08 bits per heavy atom. The van der Waals surface area contributed by atoms with Crippen LogP contribution in [-0.2, 0) is 0 Å². The van der Waals surface area contributed by atoms with Crippen LogP contribution in [0.3, 0.4) is 0 Å². The lowest BCUT2D eigenvalue weighted by molar-refractivity contribution is 0.355. The van der Waals surface area contributed by atoms with Crippen molar-refractivity contribution in [2.24, 2.45) is 10.7 Å². The minimum atomic E-state index is -0.00903. The van der Waals surface area contributed by atoms with Gasteiger partial charge in [0.15, 0.2) is 23.1 Å². The first-order valence-electron chi connectivity index (χ1n) is 11.9. The van der Waals surface area contributed by atoms with Gasteiger partial charge in [-0.15, -0.1) is 0 Å². The lowest BCUT2D eigenvalue weighted by Crippen LogP contribution is -2.53. The van der Waals surface area contributed by atoms with Crippen molar-refractivity contribution in [2.45, 2.75) is 12.5 Å². The molecule has 37 heavy (non-hydrogen) atoms. The van der Waals surface area contributed by atoms with E-state index in [2.05, 4.69) is 30.2 Å². The number of nitrogen functional groups attached to an aromatic ring is 1. The van der Waals surface area contributed by atoms with Crippen molar-refractivity contribution < 1.29 is 9.47 Å². The average molecular weight is 500 g/mol. The minimum Gasteiger partial charge on any atom is -0.493 e. The third-order valence-corrected chi connectivity index (χ3v) is 6.19. The Kier molecular flexibility index (Phi) is 6.95. The highest BCUT2D eigenvalue weighted by atomic mass is 16.5. The zero-order valence-electron chi connectivity index (χ0n) is 20.8. The van der Waals surface area contributed by atoms with Gasteiger partial charge in [0.05, 0.1) is 25.4 Å². The van der Waals surface area contributed by atoms with Crippen molar-refractivity contribution in [2.75, 3.05) is 44.5 Å². The van der Waals surface area contributed by atoms with Gasteiger partial charge in [0.2, 0.25) is 5.95 Å². The molecule has 4 heterocycles. The van der Waals surface area contributed by atoms with Gasteiger partial charge in [-0.3, -0.25) is 0 Å². The molecule has 1 unspecified atom stereocenters. The lowest BCUT2D eigenvalue weighted by Gasteiger charge is -2.37. The number of aliphatic imine (C=N–C) groups is 1. The summed E-state index contributed by atoms with van der Waals surface area (Å²) in [5.41, 5.74) is 15.4. The van der Waals surface area contributed by atoms with Crippen LogP contribution in [0.25, 0.3) is 22.3 Å². The molecule has 4 aromatic rings. The van der Waals surface area contributed by atoms with Gasteiger partial charge in [-0.25, -0.2) is 19.9 Å². The van der Waals surface area contributed by atoms with E-state index in [1.165, 1.54) is 0 Å². The summed E-state index contributed by atoms with van der Waals surface area (Å²) >= 11 is 0. The molecule has 0 aliphatic carbocycles. The molecule has 190 valence electrons. The van der Waals surface area contributed by atoms with Gasteiger partial charge in [-0.1, -0.05) is 6.07 Å². The molecule has 0 amide bonds. The van der Waals surface area contributed by atoms with Crippen LogP contribution in [-0.4, -0.2) is 65.7 Å². The van der Waals surface area contributed by atoms with E-state index in [9.17, 15) is 0 Å². The fraction of sp³-hybridized carbons (Fsp3) is 0.269. The maximum atomic E-state index is 6.33. The number of nitrogens with two attached hydrogens (primary N) is 2. The van der Waals surface area contributed by atoms with Crippen molar-refractivity contribution in [3.63, 3.8) is 0 Å². The molecule has 1 aliphatic heterocycles. The number of aromatic nitrogens is 4. The van der Waals surface area contributed by atoms with E-state index in [1.54, 1.807) is 20.4 Å². The number of amidine groups is 1. The number of rotatable bonds is 7. The van der Waals surface area contributed by atoms with Gasteiger partial charge in [0.1, 0.15) is 11.4 Å². The van der Waals surface area contributed by atoms with Crippen molar-refractivity contribution in [1.82, 2.24) is 25.3 Å². The zero-order chi connectivity index (χ0) is 25.8. The van der Waals surface area contributed by atoms with Crippen LogP contribution in [0.4, 0.5) is 17.6 Å². The Labute approximate surface area is 214 Å². The number of hydrogen-bond acceptors (Lipinski definition) is 10. The van der Waals surface area contributed by atoms with Crippen LogP contribution < -0.4 is 31.2 Å². The molecule has 1 fully saturated rings. The summed E-state index contributed by atoms with van der Waals surface area (Å²) in [6.07, 6.45) is 2.21. The molecule has 0 spiro atoms. The molecule has 5 rings (SSSR count). The Balaban J connectivity index is 1.52. The quantitative estimate of drug-likeness (QED) is 0.256. The Hall–Kier alpha value is -4.51. The number of methoxy groups -OCH3 is 2. The van der Waals surface area contributed by atoms with Crippen LogP contribution in [0.2, 0.25) is 0 Å². The normalized spacial score (nSPS) is 16.1. The van der Waals surface area contributed by atoms with Gasteiger partial charge >= 0.3 is 0 Å². The zero-order valence-corrected chi connectivity index (χ0v) is 20.8. The van der Waals surface area contributed by atoms with E-state index < -0.39 is 0 Å². The van der Waals surface area contributed by atoms with Crippen molar-refractivity contribution in [1.29, 1.82) is 0 Å². The first-order chi connectivity index (χ1) is 18.1. The number of benzene rings is 1. The fourth-order valence-corrected chi connectivity index (χ4v) is 4.45. The molecule has 0 bridgehead atoms. The second-order valence-corrected chi connectivity index (χ2v) is 8.59. The van der Waals surface area contributed by atoms with E-state index in [-0.39, 0.29) is 12.0 Å². The number of pyridine rings is 2. The summed E-state index contributed by atoms with van der Waals surface area (Å²) in [5, 5.41) is 3.44. The molecule has 3 aromatic heterocycles. The number of hydrogen-bond donors (Lipinski definition) is 3. The molecule has 11 nitrogen and oxygen atoms in total. The molecule has 1 atom stereocenters. The number of anilines is 2. The standard InChI is InChI=1S/C26H29N9O2/c1-36-20-9-6-16(13-21(20)37-2)18-7-8-19-24(31-18)25(34-26(28)32-19)35-12-11-29-15-17(35)14-22(27)33-23-5-3-4-10-30-23/h3-10,13,17,29H,11-12,14-15H2,1-2H3,(H2,27,30,33)(H2,28,32,34). The third-order valence-electron chi connectivity index (χ3n) is 6.19. The van der Waals surface area contributed by atoms with Crippen LogP contribution in [0.5, 0.6) is 11.5 Å². The average Bonchev–Trinajstić information content (AvgIpc) is 2.92. The largest absolute Gasteiger partial charge is 0.493 e. The molecular weight excluding hydrogens is 470 g/mol. The highest BCUT2D eigenvalue weighted by Crippen LogP contribution is 2.33. The van der Waals surface area contributed by atoms with Crippen LogP contribution >= 0.6 is 0 Å². The van der Waals surface area contributed by atoms with Gasteiger partial charge in [0, 0.05) is 43.9 Å². The summed E-state index contributed by atoms with van der Waals surface area (Å²) < 4.78 is 10.9. The van der Waals surface area contributed by atoms with E-state index in [1.807, 2.05) is 48.5 Å². The summed E-state index contributed by atoms with van der Waals surface area (Å²) in [4.78, 5) is 24.9. The topological polar surface area (TPSA) is 150 Å². The van der Waals surface area contributed by atoms with E-state index in [0.29, 0.717) is 59.5 Å². The Morgan fingerprint density at radius 3 is 2.73 bits per heavy atom. The van der Waals surface area contributed by atoms with Crippen molar-refractivity contribution >= 4 is 34.5 Å². The minimum absolute atomic E-state index is 0.00903. The van der Waals surface area contributed by atoms with Gasteiger partial charge in [-0.05, 0) is 42.5 Å². The number of nitrogens with zero attached hydrogens (tertiary/aromatic N) is 6. The second kappa shape index (κ2) is 10.6. The van der Waals surface area contributed by atoms with E-state index >= 15 is 0 Å². The number of fused-ring (bicyclic) bond motifs is 1. The molecular formula is C26H29N9O2. The Bertz CT molecular complexity index is 1430. The molecule has 5 N–H and O–H groups in total. The molecule has 1 aliphatic rings. The van der Waals surface area contributed by atoms with E-state index in [0.717, 1.165) is 17.8 Å². The maximum Gasteiger partial charge on any atom is 0.222 e. The first-order valence-corrected chi connectivity index (χ1v) is 11.9. The number of piperazine rings is 1. The monoisotopic (exact) mass is 499 g/mol. The SMILES string of the molecule is COc1ccc(-c2ccc3nc(N)nc(N4CCNCC4C/C(N)=N/c4ccccn4)c3n2)cc1OC. The molecule has 0 radical (unpaired) electrons. The molecule has 1 aromatic carbocycles. The fourth-order valence-electron chi connectivity index (χ4n) is 4.45. The maximum absolute atomic E-state index is 6.33. The van der Waals surface area contributed by atoms with Crippen LogP contribution in [0.15, 0.2) is 59.7 Å². The van der Waals surface area contributed by atoms with Crippen LogP contribution in [0, 0.1) is 0 Å².